The highest BCUT2D eigenvalue weighted by Gasteiger charge is 2.05. The lowest BCUT2D eigenvalue weighted by Gasteiger charge is -2.13. The van der Waals surface area contributed by atoms with E-state index in [4.69, 9.17) is 9.47 Å². The molecule has 8 heteroatoms. The molecule has 3 N–H and O–H groups in total. The van der Waals surface area contributed by atoms with E-state index < -0.39 is 0 Å². The molecule has 31 heavy (non-hydrogen) atoms. The average molecular weight is 428 g/mol. The molecule has 0 aliphatic carbocycles. The van der Waals surface area contributed by atoms with Crippen LogP contribution in [0.1, 0.15) is 30.9 Å². The Kier molecular flexibility index (Phi) is 10.9. The fourth-order valence-electron chi connectivity index (χ4n) is 2.64. The molecule has 168 valence electrons. The third-order valence-corrected chi connectivity index (χ3v) is 4.36. The van der Waals surface area contributed by atoms with Crippen LogP contribution in [0.2, 0.25) is 0 Å². The average Bonchev–Trinajstić information content (AvgIpc) is 2.78. The van der Waals surface area contributed by atoms with Crippen LogP contribution in [0.4, 0.5) is 5.82 Å². The maximum atomic E-state index is 12.2. The molecule has 1 aromatic heterocycles. The first-order valence-electron chi connectivity index (χ1n) is 10.6. The number of ether oxygens (including phenoxy) is 2. The summed E-state index contributed by atoms with van der Waals surface area (Å²) in [6.07, 6.45) is 2.90. The molecule has 1 heterocycles. The van der Waals surface area contributed by atoms with E-state index in [0.29, 0.717) is 44.5 Å². The number of guanidine groups is 1. The highest BCUT2D eigenvalue weighted by atomic mass is 16.5. The predicted molar refractivity (Wildman–Crippen MR) is 123 cm³/mol. The van der Waals surface area contributed by atoms with Gasteiger partial charge in [-0.25, -0.2) is 9.98 Å². The fraction of sp³-hybridized carbons (Fsp3) is 0.435. The zero-order chi connectivity index (χ0) is 22.3. The summed E-state index contributed by atoms with van der Waals surface area (Å²) in [5, 5.41) is 9.31. The summed E-state index contributed by atoms with van der Waals surface area (Å²) in [5.74, 6) is 1.93. The molecule has 0 saturated carbocycles. The van der Waals surface area contributed by atoms with Crippen molar-refractivity contribution in [2.75, 3.05) is 38.7 Å². The Labute approximate surface area is 184 Å². The van der Waals surface area contributed by atoms with Gasteiger partial charge in [0.15, 0.2) is 5.96 Å². The Morgan fingerprint density at radius 1 is 1.10 bits per heavy atom. The molecular formula is C23H33N5O3. The second-order valence-electron chi connectivity index (χ2n) is 6.94. The van der Waals surface area contributed by atoms with Crippen LogP contribution in [0.25, 0.3) is 0 Å². The number of nitrogens with one attached hydrogen (secondary N) is 3. The fourth-order valence-corrected chi connectivity index (χ4v) is 2.64. The number of pyridine rings is 1. The molecule has 0 radical (unpaired) electrons. The highest BCUT2D eigenvalue weighted by molar-refractivity contribution is 5.90. The zero-order valence-corrected chi connectivity index (χ0v) is 18.6. The molecule has 8 nitrogen and oxygen atoms in total. The Morgan fingerprint density at radius 3 is 2.55 bits per heavy atom. The molecule has 0 atom stereocenters. The van der Waals surface area contributed by atoms with Crippen LogP contribution >= 0.6 is 0 Å². The first-order chi connectivity index (χ1) is 15.1. The van der Waals surface area contributed by atoms with Crippen LogP contribution < -0.4 is 20.7 Å². The van der Waals surface area contributed by atoms with E-state index in [1.54, 1.807) is 19.4 Å². The number of benzene rings is 1. The number of aryl methyl sites for hydroxylation is 1. The quantitative estimate of drug-likeness (QED) is 0.274. The van der Waals surface area contributed by atoms with E-state index >= 15 is 0 Å². The van der Waals surface area contributed by atoms with E-state index in [2.05, 4.69) is 25.9 Å². The van der Waals surface area contributed by atoms with Crippen LogP contribution in [0.5, 0.6) is 5.75 Å². The van der Waals surface area contributed by atoms with Gasteiger partial charge in [0, 0.05) is 38.9 Å². The number of amides is 1. The highest BCUT2D eigenvalue weighted by Crippen LogP contribution is 2.11. The van der Waals surface area contributed by atoms with Crippen LogP contribution in [0, 0.1) is 6.92 Å². The smallest absolute Gasteiger partial charge is 0.227 e. The Balaban J connectivity index is 1.84. The predicted octanol–water partition coefficient (Wildman–Crippen LogP) is 2.89. The lowest BCUT2D eigenvalue weighted by atomic mass is 10.2. The minimum Gasteiger partial charge on any atom is -0.497 e. The molecule has 2 aromatic rings. The molecule has 2 rings (SSSR count). The van der Waals surface area contributed by atoms with Crippen molar-refractivity contribution < 1.29 is 14.3 Å². The maximum Gasteiger partial charge on any atom is 0.227 e. The molecule has 0 aliphatic heterocycles. The number of aromatic nitrogens is 1. The third-order valence-electron chi connectivity index (χ3n) is 4.36. The van der Waals surface area contributed by atoms with E-state index in [-0.39, 0.29) is 5.91 Å². The molecule has 1 amide bonds. The van der Waals surface area contributed by atoms with Gasteiger partial charge in [-0.05, 0) is 49.6 Å². The third kappa shape index (κ3) is 9.95. The summed E-state index contributed by atoms with van der Waals surface area (Å²) in [6, 6.07) is 11.5. The van der Waals surface area contributed by atoms with Crippen molar-refractivity contribution in [2.45, 2.75) is 33.2 Å². The lowest BCUT2D eigenvalue weighted by molar-refractivity contribution is -0.116. The van der Waals surface area contributed by atoms with Gasteiger partial charge in [0.25, 0.3) is 0 Å². The number of rotatable bonds is 12. The van der Waals surface area contributed by atoms with Crippen LogP contribution in [-0.2, 0) is 16.1 Å². The number of carbonyl (C=O) groups is 1. The lowest BCUT2D eigenvalue weighted by Crippen LogP contribution is -2.39. The van der Waals surface area contributed by atoms with E-state index in [1.165, 1.54) is 0 Å². The summed E-state index contributed by atoms with van der Waals surface area (Å²) >= 11 is 0. The van der Waals surface area contributed by atoms with Crippen molar-refractivity contribution in [2.24, 2.45) is 4.99 Å². The summed E-state index contributed by atoms with van der Waals surface area (Å²) in [6.45, 7) is 7.04. The molecular weight excluding hydrogens is 394 g/mol. The normalized spacial score (nSPS) is 11.1. The van der Waals surface area contributed by atoms with Gasteiger partial charge >= 0.3 is 0 Å². The second kappa shape index (κ2) is 14.0. The van der Waals surface area contributed by atoms with Crippen LogP contribution in [-0.4, -0.2) is 50.3 Å². The van der Waals surface area contributed by atoms with Gasteiger partial charge in [0.1, 0.15) is 11.6 Å². The number of aliphatic imine (C=N–C) groups is 1. The summed E-state index contributed by atoms with van der Waals surface area (Å²) in [5.41, 5.74) is 2.12. The SMILES string of the molecule is CCOCCCNC(=NCc1ccc(OC)cc1)NCCC(=O)Nc1ccc(C)cn1. The van der Waals surface area contributed by atoms with E-state index in [0.717, 1.165) is 29.8 Å². The number of anilines is 1. The van der Waals surface area contributed by atoms with Crippen molar-refractivity contribution in [3.8, 4) is 5.75 Å². The molecule has 0 fully saturated rings. The summed E-state index contributed by atoms with van der Waals surface area (Å²) < 4.78 is 10.6. The van der Waals surface area contributed by atoms with Crippen molar-refractivity contribution in [3.63, 3.8) is 0 Å². The van der Waals surface area contributed by atoms with Gasteiger partial charge in [-0.1, -0.05) is 18.2 Å². The van der Waals surface area contributed by atoms with Gasteiger partial charge in [-0.3, -0.25) is 4.79 Å². The minimum atomic E-state index is -0.102. The van der Waals surface area contributed by atoms with Crippen molar-refractivity contribution in [1.82, 2.24) is 15.6 Å². The van der Waals surface area contributed by atoms with Crippen molar-refractivity contribution >= 4 is 17.7 Å². The van der Waals surface area contributed by atoms with Crippen LogP contribution in [0.3, 0.4) is 0 Å². The first-order valence-corrected chi connectivity index (χ1v) is 10.6. The topological polar surface area (TPSA) is 96.9 Å². The van der Waals surface area contributed by atoms with Gasteiger partial charge in [0.2, 0.25) is 5.91 Å². The van der Waals surface area contributed by atoms with Gasteiger partial charge in [-0.2, -0.15) is 0 Å². The molecule has 1 aromatic carbocycles. The van der Waals surface area contributed by atoms with E-state index in [9.17, 15) is 4.79 Å². The number of methoxy groups -OCH3 is 1. The van der Waals surface area contributed by atoms with Gasteiger partial charge < -0.3 is 25.4 Å². The Morgan fingerprint density at radius 2 is 1.87 bits per heavy atom. The monoisotopic (exact) mass is 427 g/mol. The molecule has 0 unspecified atom stereocenters. The number of nitrogens with zero attached hydrogens (tertiary/aromatic N) is 2. The molecule has 0 spiro atoms. The molecule has 0 bridgehead atoms. The molecule has 0 saturated heterocycles. The van der Waals surface area contributed by atoms with E-state index in [1.807, 2.05) is 44.2 Å². The zero-order valence-electron chi connectivity index (χ0n) is 18.6. The van der Waals surface area contributed by atoms with Crippen molar-refractivity contribution in [1.29, 1.82) is 0 Å². The minimum absolute atomic E-state index is 0.102. The largest absolute Gasteiger partial charge is 0.497 e. The van der Waals surface area contributed by atoms with Gasteiger partial charge in [-0.15, -0.1) is 0 Å². The Hall–Kier alpha value is -3.13. The summed E-state index contributed by atoms with van der Waals surface area (Å²) in [7, 11) is 1.65. The summed E-state index contributed by atoms with van der Waals surface area (Å²) in [4.78, 5) is 21.0. The van der Waals surface area contributed by atoms with Crippen molar-refractivity contribution in [3.05, 3.63) is 53.7 Å². The standard InChI is InChI=1S/C23H33N5O3/c1-4-31-15-5-13-24-23(27-17-19-7-9-20(30-3)10-8-19)25-14-12-22(29)28-21-11-6-18(2)16-26-21/h6-11,16H,4-5,12-15,17H2,1-3H3,(H2,24,25,27)(H,26,28,29). The molecule has 0 aliphatic rings. The van der Waals surface area contributed by atoms with Crippen LogP contribution in [0.15, 0.2) is 47.6 Å². The Bertz CT molecular complexity index is 807. The number of hydrogen-bond donors (Lipinski definition) is 3. The first kappa shape index (κ1) is 24.1. The number of carbonyl (C=O) groups excluding carboxylic acids is 1. The maximum absolute atomic E-state index is 12.2. The van der Waals surface area contributed by atoms with Gasteiger partial charge in [0.05, 0.1) is 13.7 Å². The second-order valence-corrected chi connectivity index (χ2v) is 6.94. The number of hydrogen-bond acceptors (Lipinski definition) is 5.